The molecule has 1 N–H and O–H groups in total. The average molecular weight is 289 g/mol. The molecule has 0 aliphatic rings. The number of benzene rings is 2. The Balaban J connectivity index is 1.92. The zero-order valence-corrected chi connectivity index (χ0v) is 11.3. The molecular weight excluding hydrogens is 277 g/mol. The first kappa shape index (κ1) is 14.3. The standard InChI is InChI=1S/C15H12FNO2S/c16-13-6-1-2-7-14(13)17-15(19)10-20-12-5-3-4-11(8-12)9-18/h1-9H,10H2,(H,17,19). The summed E-state index contributed by atoms with van der Waals surface area (Å²) in [6, 6.07) is 13.0. The Kier molecular flexibility index (Phi) is 4.90. The molecule has 0 aliphatic heterocycles. The fourth-order valence-corrected chi connectivity index (χ4v) is 2.34. The average Bonchev–Trinajstić information content (AvgIpc) is 2.48. The van der Waals surface area contributed by atoms with E-state index in [2.05, 4.69) is 5.32 Å². The van der Waals surface area contributed by atoms with Crippen LogP contribution in [0.5, 0.6) is 0 Å². The lowest BCUT2D eigenvalue weighted by Gasteiger charge is -2.06. The zero-order valence-electron chi connectivity index (χ0n) is 10.5. The number of amides is 1. The van der Waals surface area contributed by atoms with Gasteiger partial charge in [0.15, 0.2) is 0 Å². The Morgan fingerprint density at radius 1 is 1.20 bits per heavy atom. The maximum Gasteiger partial charge on any atom is 0.234 e. The summed E-state index contributed by atoms with van der Waals surface area (Å²) in [7, 11) is 0. The highest BCUT2D eigenvalue weighted by molar-refractivity contribution is 8.00. The van der Waals surface area contributed by atoms with Gasteiger partial charge >= 0.3 is 0 Å². The second-order valence-corrected chi connectivity index (χ2v) is 5.06. The Morgan fingerprint density at radius 2 is 2.00 bits per heavy atom. The number of hydrogen-bond acceptors (Lipinski definition) is 3. The molecule has 5 heteroatoms. The van der Waals surface area contributed by atoms with Crippen molar-refractivity contribution in [2.24, 2.45) is 0 Å². The number of hydrogen-bond donors (Lipinski definition) is 1. The minimum atomic E-state index is -0.464. The molecule has 0 saturated carbocycles. The third-order valence-electron chi connectivity index (χ3n) is 2.51. The van der Waals surface area contributed by atoms with Crippen LogP contribution in [0.1, 0.15) is 10.4 Å². The maximum absolute atomic E-state index is 13.4. The second-order valence-electron chi connectivity index (χ2n) is 4.01. The number of halogens is 1. The van der Waals surface area contributed by atoms with Crippen molar-refractivity contribution in [2.75, 3.05) is 11.1 Å². The smallest absolute Gasteiger partial charge is 0.234 e. The van der Waals surface area contributed by atoms with Crippen LogP contribution in [0.15, 0.2) is 53.4 Å². The molecule has 0 atom stereocenters. The van der Waals surface area contributed by atoms with Gasteiger partial charge in [-0.1, -0.05) is 24.3 Å². The van der Waals surface area contributed by atoms with Crippen molar-refractivity contribution >= 4 is 29.6 Å². The van der Waals surface area contributed by atoms with E-state index in [-0.39, 0.29) is 17.3 Å². The SMILES string of the molecule is O=Cc1cccc(SCC(=O)Nc2ccccc2F)c1. The quantitative estimate of drug-likeness (QED) is 0.678. The van der Waals surface area contributed by atoms with Crippen LogP contribution >= 0.6 is 11.8 Å². The van der Waals surface area contributed by atoms with Gasteiger partial charge in [-0.25, -0.2) is 4.39 Å². The van der Waals surface area contributed by atoms with E-state index in [9.17, 15) is 14.0 Å². The lowest BCUT2D eigenvalue weighted by Crippen LogP contribution is -2.14. The van der Waals surface area contributed by atoms with Gasteiger partial charge < -0.3 is 5.32 Å². The lowest BCUT2D eigenvalue weighted by molar-refractivity contribution is -0.113. The van der Waals surface area contributed by atoms with Crippen LogP contribution in [0.25, 0.3) is 0 Å². The van der Waals surface area contributed by atoms with Crippen LogP contribution in [-0.4, -0.2) is 17.9 Å². The number of anilines is 1. The van der Waals surface area contributed by atoms with Crippen LogP contribution in [0.2, 0.25) is 0 Å². The molecule has 3 nitrogen and oxygen atoms in total. The van der Waals surface area contributed by atoms with E-state index in [1.807, 2.05) is 6.07 Å². The monoisotopic (exact) mass is 289 g/mol. The molecule has 0 heterocycles. The van der Waals surface area contributed by atoms with Gasteiger partial charge in [0.25, 0.3) is 0 Å². The van der Waals surface area contributed by atoms with Crippen LogP contribution in [0.3, 0.4) is 0 Å². The fraction of sp³-hybridized carbons (Fsp3) is 0.0667. The van der Waals surface area contributed by atoms with E-state index in [1.54, 1.807) is 30.3 Å². The number of thioether (sulfide) groups is 1. The van der Waals surface area contributed by atoms with Gasteiger partial charge in [-0.3, -0.25) is 9.59 Å². The van der Waals surface area contributed by atoms with Crippen molar-refractivity contribution in [2.45, 2.75) is 4.90 Å². The molecule has 102 valence electrons. The highest BCUT2D eigenvalue weighted by Gasteiger charge is 2.07. The number of para-hydroxylation sites is 1. The molecule has 0 radical (unpaired) electrons. The van der Waals surface area contributed by atoms with Gasteiger partial charge in [0.2, 0.25) is 5.91 Å². The summed E-state index contributed by atoms with van der Waals surface area (Å²) >= 11 is 1.29. The topological polar surface area (TPSA) is 46.2 Å². The highest BCUT2D eigenvalue weighted by Crippen LogP contribution is 2.19. The minimum Gasteiger partial charge on any atom is -0.323 e. The van der Waals surface area contributed by atoms with Crippen LogP contribution in [0, 0.1) is 5.82 Å². The zero-order chi connectivity index (χ0) is 14.4. The molecule has 0 aromatic heterocycles. The van der Waals surface area contributed by atoms with Gasteiger partial charge in [-0.15, -0.1) is 11.8 Å². The van der Waals surface area contributed by atoms with Gasteiger partial charge in [0.05, 0.1) is 11.4 Å². The molecule has 0 bridgehead atoms. The summed E-state index contributed by atoms with van der Waals surface area (Å²) in [4.78, 5) is 23.2. The van der Waals surface area contributed by atoms with Crippen LogP contribution in [0.4, 0.5) is 10.1 Å². The third-order valence-corrected chi connectivity index (χ3v) is 3.51. The van der Waals surface area contributed by atoms with Crippen LogP contribution < -0.4 is 5.32 Å². The van der Waals surface area contributed by atoms with E-state index in [0.29, 0.717) is 5.56 Å². The summed E-state index contributed by atoms with van der Waals surface area (Å²) in [6.07, 6.45) is 0.753. The molecule has 0 spiro atoms. The number of rotatable bonds is 5. The number of carbonyl (C=O) groups excluding carboxylic acids is 2. The summed E-state index contributed by atoms with van der Waals surface area (Å²) in [5, 5.41) is 2.50. The highest BCUT2D eigenvalue weighted by atomic mass is 32.2. The predicted octanol–water partition coefficient (Wildman–Crippen LogP) is 3.37. The van der Waals surface area contributed by atoms with Crippen LogP contribution in [-0.2, 0) is 4.79 Å². The summed E-state index contributed by atoms with van der Waals surface area (Å²) in [5.74, 6) is -0.609. The molecule has 2 aromatic rings. The predicted molar refractivity (Wildman–Crippen MR) is 77.6 cm³/mol. The van der Waals surface area contributed by atoms with Gasteiger partial charge in [0, 0.05) is 10.5 Å². The van der Waals surface area contributed by atoms with Crippen molar-refractivity contribution < 1.29 is 14.0 Å². The van der Waals surface area contributed by atoms with Crippen molar-refractivity contribution in [3.8, 4) is 0 Å². The second kappa shape index (κ2) is 6.86. The molecule has 20 heavy (non-hydrogen) atoms. The Hall–Kier alpha value is -2.14. The van der Waals surface area contributed by atoms with E-state index in [0.717, 1.165) is 11.2 Å². The lowest BCUT2D eigenvalue weighted by atomic mass is 10.2. The van der Waals surface area contributed by atoms with Crippen molar-refractivity contribution in [3.63, 3.8) is 0 Å². The first-order chi connectivity index (χ1) is 9.69. The minimum absolute atomic E-state index is 0.149. The van der Waals surface area contributed by atoms with Crippen molar-refractivity contribution in [1.29, 1.82) is 0 Å². The molecule has 2 aromatic carbocycles. The number of aldehydes is 1. The summed E-state index contributed by atoms with van der Waals surface area (Å²) < 4.78 is 13.4. The molecule has 1 amide bonds. The fourth-order valence-electron chi connectivity index (χ4n) is 1.58. The van der Waals surface area contributed by atoms with Gasteiger partial charge in [-0.05, 0) is 24.3 Å². The Morgan fingerprint density at radius 3 is 2.75 bits per heavy atom. The van der Waals surface area contributed by atoms with E-state index < -0.39 is 5.82 Å². The van der Waals surface area contributed by atoms with Gasteiger partial charge in [0.1, 0.15) is 12.1 Å². The normalized spacial score (nSPS) is 10.1. The maximum atomic E-state index is 13.4. The van der Waals surface area contributed by atoms with E-state index in [1.165, 1.54) is 23.9 Å². The molecule has 0 unspecified atom stereocenters. The summed E-state index contributed by atoms with van der Waals surface area (Å²) in [6.45, 7) is 0. The van der Waals surface area contributed by atoms with Crippen molar-refractivity contribution in [1.82, 2.24) is 0 Å². The van der Waals surface area contributed by atoms with Gasteiger partial charge in [-0.2, -0.15) is 0 Å². The largest absolute Gasteiger partial charge is 0.323 e. The van der Waals surface area contributed by atoms with E-state index in [4.69, 9.17) is 0 Å². The summed E-state index contributed by atoms with van der Waals surface area (Å²) in [5.41, 5.74) is 0.726. The van der Waals surface area contributed by atoms with E-state index >= 15 is 0 Å². The molecule has 0 fully saturated rings. The first-order valence-electron chi connectivity index (χ1n) is 5.91. The Bertz CT molecular complexity index is 631. The molecule has 0 aliphatic carbocycles. The number of carbonyl (C=O) groups is 2. The Labute approximate surface area is 120 Å². The van der Waals surface area contributed by atoms with Crippen molar-refractivity contribution in [3.05, 3.63) is 59.9 Å². The third kappa shape index (κ3) is 3.93. The molecule has 2 rings (SSSR count). The first-order valence-corrected chi connectivity index (χ1v) is 6.90. The number of nitrogens with one attached hydrogen (secondary N) is 1. The molecular formula is C15H12FNO2S. The molecule has 0 saturated heterocycles.